The monoisotopic (exact) mass is 236 g/mol. The summed E-state index contributed by atoms with van der Waals surface area (Å²) in [5.74, 6) is 1.52. The van der Waals surface area contributed by atoms with Crippen molar-refractivity contribution < 1.29 is 9.84 Å². The van der Waals surface area contributed by atoms with Gasteiger partial charge in [-0.1, -0.05) is 19.4 Å². The van der Waals surface area contributed by atoms with Gasteiger partial charge in [0.2, 0.25) is 0 Å². The van der Waals surface area contributed by atoms with Gasteiger partial charge < -0.3 is 9.84 Å². The topological polar surface area (TPSA) is 55.2 Å². The van der Waals surface area contributed by atoms with Crippen LogP contribution in [0.5, 0.6) is 5.75 Å². The van der Waals surface area contributed by atoms with Crippen molar-refractivity contribution in [2.24, 2.45) is 0 Å². The lowest BCUT2D eigenvalue weighted by atomic mass is 10.2. The van der Waals surface area contributed by atoms with Crippen LogP contribution < -0.4 is 4.74 Å². The van der Waals surface area contributed by atoms with E-state index in [2.05, 4.69) is 16.5 Å². The van der Waals surface area contributed by atoms with Gasteiger partial charge in [0, 0.05) is 12.3 Å². The molecule has 0 atom stereocenters. The summed E-state index contributed by atoms with van der Waals surface area (Å²) in [6.45, 7) is 10.2. The highest BCUT2D eigenvalue weighted by Crippen LogP contribution is 2.18. The molecule has 0 radical (unpaired) electrons. The van der Waals surface area contributed by atoms with Crippen LogP contribution in [0, 0.1) is 0 Å². The second-order valence-corrected chi connectivity index (χ2v) is 4.41. The number of hydrogen-bond acceptors (Lipinski definition) is 4. The summed E-state index contributed by atoms with van der Waals surface area (Å²) in [5, 5.41) is 9.25. The molecule has 0 fully saturated rings. The maximum atomic E-state index is 9.25. The van der Waals surface area contributed by atoms with Gasteiger partial charge in [-0.25, -0.2) is 9.97 Å². The predicted molar refractivity (Wildman–Crippen MR) is 67.0 cm³/mol. The van der Waals surface area contributed by atoms with Crippen LogP contribution in [0.15, 0.2) is 18.3 Å². The third-order valence-corrected chi connectivity index (χ3v) is 2.30. The fraction of sp³-hybridized carbons (Fsp3) is 0.538. The Balaban J connectivity index is 2.74. The summed E-state index contributed by atoms with van der Waals surface area (Å²) in [6.07, 6.45) is 2.42. The first-order chi connectivity index (χ1) is 8.04. The molecule has 4 nitrogen and oxygen atoms in total. The van der Waals surface area contributed by atoms with Crippen molar-refractivity contribution >= 4 is 0 Å². The summed E-state index contributed by atoms with van der Waals surface area (Å²) in [4.78, 5) is 8.49. The first-order valence-corrected chi connectivity index (χ1v) is 5.78. The maximum Gasteiger partial charge on any atom is 0.161 e. The molecule has 0 aliphatic heterocycles. The Labute approximate surface area is 102 Å². The zero-order valence-electron chi connectivity index (χ0n) is 10.7. The Morgan fingerprint density at radius 1 is 1.53 bits per heavy atom. The van der Waals surface area contributed by atoms with Crippen LogP contribution in [0.1, 0.15) is 44.6 Å². The molecule has 1 aromatic heterocycles. The molecule has 0 aliphatic carbocycles. The average molecular weight is 236 g/mol. The van der Waals surface area contributed by atoms with Crippen LogP contribution in [0.25, 0.3) is 0 Å². The van der Waals surface area contributed by atoms with E-state index < -0.39 is 0 Å². The zero-order chi connectivity index (χ0) is 12.8. The third-order valence-electron chi connectivity index (χ3n) is 2.30. The van der Waals surface area contributed by atoms with Crippen LogP contribution in [0.2, 0.25) is 0 Å². The number of hydrogen-bond donors (Lipinski definition) is 1. The smallest absolute Gasteiger partial charge is 0.161 e. The van der Waals surface area contributed by atoms with E-state index in [9.17, 15) is 5.11 Å². The summed E-state index contributed by atoms with van der Waals surface area (Å²) in [7, 11) is 0. The second-order valence-electron chi connectivity index (χ2n) is 4.41. The van der Waals surface area contributed by atoms with E-state index in [4.69, 9.17) is 4.74 Å². The molecule has 1 rings (SSSR count). The highest BCUT2D eigenvalue weighted by Gasteiger charge is 2.09. The lowest BCUT2D eigenvalue weighted by Crippen LogP contribution is -2.06. The van der Waals surface area contributed by atoms with E-state index in [0.29, 0.717) is 18.1 Å². The van der Waals surface area contributed by atoms with Gasteiger partial charge in [0.25, 0.3) is 0 Å². The van der Waals surface area contributed by atoms with Crippen molar-refractivity contribution in [3.63, 3.8) is 0 Å². The van der Waals surface area contributed by atoms with E-state index in [1.807, 2.05) is 20.8 Å². The average Bonchev–Trinajstić information content (AvgIpc) is 2.28. The molecular formula is C13H20N2O2. The first kappa shape index (κ1) is 13.6. The minimum absolute atomic E-state index is 0.134. The van der Waals surface area contributed by atoms with Crippen LogP contribution in [-0.2, 0) is 6.61 Å². The number of aromatic nitrogens is 2. The normalized spacial score (nSPS) is 10.6. The van der Waals surface area contributed by atoms with Crippen molar-refractivity contribution in [3.8, 4) is 5.75 Å². The first-order valence-electron chi connectivity index (χ1n) is 5.78. The van der Waals surface area contributed by atoms with Gasteiger partial charge in [-0.05, 0) is 6.92 Å². The van der Waals surface area contributed by atoms with Crippen molar-refractivity contribution in [2.45, 2.75) is 39.7 Å². The number of ether oxygens (including phenoxy) is 1. The van der Waals surface area contributed by atoms with E-state index in [0.717, 1.165) is 17.8 Å². The van der Waals surface area contributed by atoms with Gasteiger partial charge >= 0.3 is 0 Å². The third kappa shape index (κ3) is 4.15. The van der Waals surface area contributed by atoms with Gasteiger partial charge in [0.1, 0.15) is 11.5 Å². The van der Waals surface area contributed by atoms with Crippen LogP contribution in [-0.4, -0.2) is 21.7 Å². The van der Waals surface area contributed by atoms with Crippen molar-refractivity contribution in [1.82, 2.24) is 9.97 Å². The maximum absolute atomic E-state index is 9.25. The Morgan fingerprint density at radius 2 is 2.24 bits per heavy atom. The molecule has 0 bridgehead atoms. The molecule has 0 unspecified atom stereocenters. The van der Waals surface area contributed by atoms with Crippen LogP contribution in [0.4, 0.5) is 0 Å². The van der Waals surface area contributed by atoms with Crippen molar-refractivity contribution in [3.05, 3.63) is 29.9 Å². The Hall–Kier alpha value is -1.42. The molecule has 17 heavy (non-hydrogen) atoms. The molecule has 1 N–H and O–H groups in total. The van der Waals surface area contributed by atoms with Crippen molar-refractivity contribution in [2.75, 3.05) is 6.61 Å². The summed E-state index contributed by atoms with van der Waals surface area (Å²) in [5.41, 5.74) is 1.61. The van der Waals surface area contributed by atoms with Gasteiger partial charge in [-0.2, -0.15) is 0 Å². The second kappa shape index (κ2) is 6.35. The number of rotatable bonds is 6. The fourth-order valence-electron chi connectivity index (χ4n) is 1.27. The van der Waals surface area contributed by atoms with Crippen LogP contribution in [0.3, 0.4) is 0 Å². The molecule has 0 aliphatic rings. The van der Waals surface area contributed by atoms with E-state index in [-0.39, 0.29) is 12.5 Å². The lowest BCUT2D eigenvalue weighted by Gasteiger charge is -2.11. The SMILES string of the molecule is C=C(C)CCOc1cnc(C(C)C)nc1CO. The van der Waals surface area contributed by atoms with Gasteiger partial charge in [-0.3, -0.25) is 0 Å². The highest BCUT2D eigenvalue weighted by molar-refractivity contribution is 5.24. The fourth-order valence-corrected chi connectivity index (χ4v) is 1.27. The van der Waals surface area contributed by atoms with Gasteiger partial charge in [0.05, 0.1) is 19.4 Å². The van der Waals surface area contributed by atoms with Gasteiger partial charge in [-0.15, -0.1) is 6.58 Å². The zero-order valence-corrected chi connectivity index (χ0v) is 10.7. The largest absolute Gasteiger partial charge is 0.490 e. The van der Waals surface area contributed by atoms with E-state index >= 15 is 0 Å². The molecule has 1 aromatic rings. The molecule has 0 aromatic carbocycles. The summed E-state index contributed by atoms with van der Waals surface area (Å²) in [6, 6.07) is 0. The number of aliphatic hydroxyl groups is 1. The molecule has 94 valence electrons. The molecule has 0 saturated carbocycles. The lowest BCUT2D eigenvalue weighted by molar-refractivity contribution is 0.256. The van der Waals surface area contributed by atoms with Crippen molar-refractivity contribution in [1.29, 1.82) is 0 Å². The Bertz CT molecular complexity index is 389. The summed E-state index contributed by atoms with van der Waals surface area (Å²) < 4.78 is 5.53. The van der Waals surface area contributed by atoms with E-state index in [1.165, 1.54) is 0 Å². The van der Waals surface area contributed by atoms with Crippen LogP contribution >= 0.6 is 0 Å². The molecule has 1 heterocycles. The highest BCUT2D eigenvalue weighted by atomic mass is 16.5. The summed E-state index contributed by atoms with van der Waals surface area (Å²) >= 11 is 0. The molecule has 0 spiro atoms. The predicted octanol–water partition coefficient (Wildman–Crippen LogP) is 2.44. The minimum atomic E-state index is -0.134. The number of aliphatic hydroxyl groups excluding tert-OH is 1. The Kier molecular flexibility index (Phi) is 5.10. The van der Waals surface area contributed by atoms with E-state index in [1.54, 1.807) is 6.20 Å². The molecule has 0 amide bonds. The number of nitrogens with zero attached hydrogens (tertiary/aromatic N) is 2. The standard InChI is InChI=1S/C13H20N2O2/c1-9(2)5-6-17-12-7-14-13(10(3)4)15-11(12)8-16/h7,10,16H,1,5-6,8H2,2-4H3. The van der Waals surface area contributed by atoms with Gasteiger partial charge in [0.15, 0.2) is 5.75 Å². The molecule has 0 saturated heterocycles. The Morgan fingerprint density at radius 3 is 2.76 bits per heavy atom. The minimum Gasteiger partial charge on any atom is -0.490 e. The quantitative estimate of drug-likeness (QED) is 0.771. The molecule has 4 heteroatoms. The molecular weight excluding hydrogens is 216 g/mol.